The fraction of sp³-hybridized carbons (Fsp3) is 0.500. The number of amides is 1. The zero-order chi connectivity index (χ0) is 16.1. The Bertz CT molecular complexity index is 487. The van der Waals surface area contributed by atoms with Crippen LogP contribution in [0.25, 0.3) is 0 Å². The fourth-order valence-corrected chi connectivity index (χ4v) is 1.88. The maximum absolute atomic E-state index is 12.3. The van der Waals surface area contributed by atoms with E-state index in [1.807, 2.05) is 6.92 Å². The normalized spacial score (nSPS) is 14.4. The predicted molar refractivity (Wildman–Crippen MR) is 72.5 cm³/mol. The average molecular weight is 304 g/mol. The molecule has 0 saturated heterocycles. The van der Waals surface area contributed by atoms with E-state index in [-0.39, 0.29) is 17.9 Å². The Hall–Kier alpha value is -1.76. The first-order chi connectivity index (χ1) is 9.65. The Kier molecular flexibility index (Phi) is 5.60. The first kappa shape index (κ1) is 17.3. The van der Waals surface area contributed by atoms with Crippen LogP contribution in [-0.2, 0) is 11.3 Å². The van der Waals surface area contributed by atoms with Gasteiger partial charge in [0.2, 0.25) is 5.91 Å². The van der Waals surface area contributed by atoms with Crippen molar-refractivity contribution < 1.29 is 22.7 Å². The summed E-state index contributed by atoms with van der Waals surface area (Å²) < 4.78 is 40.8. The summed E-state index contributed by atoms with van der Waals surface area (Å²) in [7, 11) is 0. The summed E-state index contributed by atoms with van der Waals surface area (Å²) in [5.41, 5.74) is 5.04. The number of para-hydroxylation sites is 1. The van der Waals surface area contributed by atoms with E-state index in [0.29, 0.717) is 6.42 Å². The highest BCUT2D eigenvalue weighted by Gasteiger charge is 2.32. The minimum Gasteiger partial charge on any atom is -0.405 e. The van der Waals surface area contributed by atoms with E-state index < -0.39 is 17.8 Å². The fourth-order valence-electron chi connectivity index (χ4n) is 1.88. The molecular formula is C14H19F3N2O2. The summed E-state index contributed by atoms with van der Waals surface area (Å²) in [5.74, 6) is -0.745. The molecule has 1 amide bonds. The lowest BCUT2D eigenvalue weighted by Crippen LogP contribution is -2.51. The Morgan fingerprint density at radius 3 is 2.52 bits per heavy atom. The second-order valence-electron chi connectivity index (χ2n) is 5.01. The van der Waals surface area contributed by atoms with Crippen LogP contribution >= 0.6 is 0 Å². The molecule has 0 spiro atoms. The van der Waals surface area contributed by atoms with Gasteiger partial charge in [0, 0.05) is 12.1 Å². The van der Waals surface area contributed by atoms with Crippen LogP contribution in [0.2, 0.25) is 0 Å². The highest BCUT2D eigenvalue weighted by atomic mass is 19.4. The lowest BCUT2D eigenvalue weighted by atomic mass is 9.96. The molecule has 0 aliphatic heterocycles. The molecule has 0 fully saturated rings. The van der Waals surface area contributed by atoms with Crippen molar-refractivity contribution in [3.63, 3.8) is 0 Å². The quantitative estimate of drug-likeness (QED) is 0.849. The standard InChI is InChI=1S/C14H19F3N2O2/c1-3-8-13(2,18)12(20)19-9-10-6-4-5-7-11(10)21-14(15,16)17/h4-7H,3,8-9,18H2,1-2H3,(H,19,20). The molecule has 1 aromatic rings. The number of hydrogen-bond acceptors (Lipinski definition) is 3. The largest absolute Gasteiger partial charge is 0.573 e. The molecule has 0 radical (unpaired) electrons. The van der Waals surface area contributed by atoms with Crippen molar-refractivity contribution in [2.75, 3.05) is 0 Å². The van der Waals surface area contributed by atoms with Crippen molar-refractivity contribution in [1.82, 2.24) is 5.32 Å². The van der Waals surface area contributed by atoms with E-state index in [9.17, 15) is 18.0 Å². The zero-order valence-electron chi connectivity index (χ0n) is 12.0. The minimum atomic E-state index is -4.77. The van der Waals surface area contributed by atoms with E-state index in [1.54, 1.807) is 13.0 Å². The van der Waals surface area contributed by atoms with Crippen LogP contribution in [0.1, 0.15) is 32.3 Å². The predicted octanol–water partition coefficient (Wildman–Crippen LogP) is 2.72. The molecule has 0 aliphatic rings. The third kappa shape index (κ3) is 5.63. The lowest BCUT2D eigenvalue weighted by molar-refractivity contribution is -0.274. The van der Waals surface area contributed by atoms with Gasteiger partial charge in [0.1, 0.15) is 5.75 Å². The van der Waals surface area contributed by atoms with Crippen molar-refractivity contribution in [1.29, 1.82) is 0 Å². The highest BCUT2D eigenvalue weighted by molar-refractivity contribution is 5.85. The van der Waals surface area contributed by atoms with Gasteiger partial charge in [-0.3, -0.25) is 4.79 Å². The van der Waals surface area contributed by atoms with Crippen LogP contribution in [0.15, 0.2) is 24.3 Å². The van der Waals surface area contributed by atoms with Gasteiger partial charge in [0.05, 0.1) is 5.54 Å². The Morgan fingerprint density at radius 1 is 1.33 bits per heavy atom. The molecule has 0 heterocycles. The van der Waals surface area contributed by atoms with Gasteiger partial charge < -0.3 is 15.8 Å². The lowest BCUT2D eigenvalue weighted by Gasteiger charge is -2.23. The number of benzene rings is 1. The zero-order valence-corrected chi connectivity index (χ0v) is 12.0. The molecular weight excluding hydrogens is 285 g/mol. The molecule has 1 rings (SSSR count). The average Bonchev–Trinajstić information content (AvgIpc) is 2.35. The Morgan fingerprint density at radius 2 is 1.95 bits per heavy atom. The molecule has 1 unspecified atom stereocenters. The van der Waals surface area contributed by atoms with Crippen LogP contribution in [0.5, 0.6) is 5.75 Å². The van der Waals surface area contributed by atoms with Crippen LogP contribution in [0.3, 0.4) is 0 Å². The molecule has 0 aliphatic carbocycles. The summed E-state index contributed by atoms with van der Waals surface area (Å²) in [4.78, 5) is 11.9. The van der Waals surface area contributed by atoms with Gasteiger partial charge in [0.25, 0.3) is 0 Å². The van der Waals surface area contributed by atoms with Crippen LogP contribution in [0.4, 0.5) is 13.2 Å². The molecule has 0 saturated carbocycles. The number of nitrogens with two attached hydrogens (primary N) is 1. The summed E-state index contributed by atoms with van der Waals surface area (Å²) in [6.45, 7) is 3.40. The second-order valence-corrected chi connectivity index (χ2v) is 5.01. The van der Waals surface area contributed by atoms with Crippen molar-refractivity contribution in [3.8, 4) is 5.75 Å². The van der Waals surface area contributed by atoms with E-state index in [2.05, 4.69) is 10.1 Å². The number of ether oxygens (including phenoxy) is 1. The number of rotatable bonds is 6. The molecule has 0 bridgehead atoms. The maximum atomic E-state index is 12.3. The number of nitrogens with one attached hydrogen (secondary N) is 1. The first-order valence-corrected chi connectivity index (χ1v) is 6.56. The van der Waals surface area contributed by atoms with E-state index >= 15 is 0 Å². The van der Waals surface area contributed by atoms with E-state index in [0.717, 1.165) is 6.42 Å². The third-order valence-electron chi connectivity index (χ3n) is 2.93. The van der Waals surface area contributed by atoms with E-state index in [4.69, 9.17) is 5.73 Å². The molecule has 3 N–H and O–H groups in total. The highest BCUT2D eigenvalue weighted by Crippen LogP contribution is 2.26. The topological polar surface area (TPSA) is 64.4 Å². The SMILES string of the molecule is CCCC(C)(N)C(=O)NCc1ccccc1OC(F)(F)F. The summed E-state index contributed by atoms with van der Waals surface area (Å²) in [6.07, 6.45) is -3.56. The number of alkyl halides is 3. The summed E-state index contributed by atoms with van der Waals surface area (Å²) >= 11 is 0. The van der Waals surface area contributed by atoms with Crippen LogP contribution < -0.4 is 15.8 Å². The van der Waals surface area contributed by atoms with Crippen molar-refractivity contribution in [3.05, 3.63) is 29.8 Å². The summed E-state index contributed by atoms with van der Waals surface area (Å²) in [6, 6.07) is 5.65. The van der Waals surface area contributed by atoms with E-state index in [1.165, 1.54) is 18.2 Å². The van der Waals surface area contributed by atoms with Gasteiger partial charge in [-0.25, -0.2) is 0 Å². The van der Waals surface area contributed by atoms with Crippen LogP contribution in [-0.4, -0.2) is 17.8 Å². The monoisotopic (exact) mass is 304 g/mol. The van der Waals surface area contributed by atoms with Crippen molar-refractivity contribution in [2.45, 2.75) is 45.1 Å². The molecule has 4 nitrogen and oxygen atoms in total. The number of carbonyl (C=O) groups excluding carboxylic acids is 1. The smallest absolute Gasteiger partial charge is 0.405 e. The molecule has 1 aromatic carbocycles. The minimum absolute atomic E-state index is 0.0818. The molecule has 0 aromatic heterocycles. The Labute approximate surface area is 121 Å². The van der Waals surface area contributed by atoms with Gasteiger partial charge >= 0.3 is 6.36 Å². The molecule has 1 atom stereocenters. The van der Waals surface area contributed by atoms with Crippen molar-refractivity contribution in [2.24, 2.45) is 5.73 Å². The number of carbonyl (C=O) groups is 1. The molecule has 7 heteroatoms. The number of hydrogen-bond donors (Lipinski definition) is 2. The van der Waals surface area contributed by atoms with Gasteiger partial charge in [-0.05, 0) is 19.4 Å². The van der Waals surface area contributed by atoms with Gasteiger partial charge in [-0.15, -0.1) is 13.2 Å². The van der Waals surface area contributed by atoms with Crippen LogP contribution in [0, 0.1) is 0 Å². The van der Waals surface area contributed by atoms with Gasteiger partial charge in [-0.2, -0.15) is 0 Å². The maximum Gasteiger partial charge on any atom is 0.573 e. The number of halogens is 3. The van der Waals surface area contributed by atoms with Crippen molar-refractivity contribution >= 4 is 5.91 Å². The first-order valence-electron chi connectivity index (χ1n) is 6.56. The molecule has 21 heavy (non-hydrogen) atoms. The third-order valence-corrected chi connectivity index (χ3v) is 2.93. The second kappa shape index (κ2) is 6.80. The molecule has 118 valence electrons. The Balaban J connectivity index is 2.74. The van der Waals surface area contributed by atoms with Gasteiger partial charge in [0.15, 0.2) is 0 Å². The van der Waals surface area contributed by atoms with Gasteiger partial charge in [-0.1, -0.05) is 31.5 Å². The summed E-state index contributed by atoms with van der Waals surface area (Å²) in [5, 5.41) is 2.54.